The van der Waals surface area contributed by atoms with E-state index in [1.165, 1.54) is 38.2 Å². The molecule has 1 aromatic rings. The van der Waals surface area contributed by atoms with Gasteiger partial charge >= 0.3 is 0 Å². The lowest BCUT2D eigenvalue weighted by molar-refractivity contribution is 0.290. The van der Waals surface area contributed by atoms with Crippen LogP contribution in [0.5, 0.6) is 5.75 Å². The summed E-state index contributed by atoms with van der Waals surface area (Å²) in [6.07, 6.45) is 8.62. The van der Waals surface area contributed by atoms with E-state index < -0.39 is 0 Å². The molecule has 0 spiro atoms. The van der Waals surface area contributed by atoms with Crippen LogP contribution < -0.4 is 4.74 Å². The maximum atomic E-state index is 13.6. The maximum Gasteiger partial charge on any atom is 0.165 e. The second-order valence-corrected chi connectivity index (χ2v) is 5.14. The molecule has 1 nitrogen and oxygen atoms in total. The van der Waals surface area contributed by atoms with Gasteiger partial charge in [0.2, 0.25) is 0 Å². The van der Waals surface area contributed by atoms with Crippen LogP contribution >= 0.6 is 11.6 Å². The Kier molecular flexibility index (Phi) is 8.64. The van der Waals surface area contributed by atoms with Gasteiger partial charge in [-0.05, 0) is 24.1 Å². The van der Waals surface area contributed by atoms with Gasteiger partial charge in [-0.1, -0.05) is 51.5 Å². The fourth-order valence-electron chi connectivity index (χ4n) is 1.99. The third kappa shape index (κ3) is 6.81. The quantitative estimate of drug-likeness (QED) is 0.396. The van der Waals surface area contributed by atoms with E-state index in [9.17, 15) is 4.39 Å². The molecule has 19 heavy (non-hydrogen) atoms. The van der Waals surface area contributed by atoms with Crippen molar-refractivity contribution in [1.82, 2.24) is 0 Å². The van der Waals surface area contributed by atoms with Crippen LogP contribution in [0.25, 0.3) is 0 Å². The standard InChI is InChI=1S/C16H24ClFO/c1-2-3-4-5-6-7-8-11-19-16-10-9-14(13-17)12-15(16)18/h9-10,12H,2-8,11,13H2,1H3. The van der Waals surface area contributed by atoms with Gasteiger partial charge in [0, 0.05) is 5.88 Å². The molecule has 1 rings (SSSR count). The lowest BCUT2D eigenvalue weighted by Gasteiger charge is -2.08. The molecule has 0 amide bonds. The summed E-state index contributed by atoms with van der Waals surface area (Å²) in [7, 11) is 0. The molecule has 108 valence electrons. The van der Waals surface area contributed by atoms with E-state index in [0.29, 0.717) is 18.2 Å². The first kappa shape index (κ1) is 16.3. The Morgan fingerprint density at radius 1 is 1.05 bits per heavy atom. The summed E-state index contributed by atoms with van der Waals surface area (Å²) in [5.41, 5.74) is 0.780. The Morgan fingerprint density at radius 2 is 1.74 bits per heavy atom. The Balaban J connectivity index is 2.12. The van der Waals surface area contributed by atoms with Crippen molar-refractivity contribution in [3.05, 3.63) is 29.6 Å². The Labute approximate surface area is 121 Å². The highest BCUT2D eigenvalue weighted by molar-refractivity contribution is 6.17. The largest absolute Gasteiger partial charge is 0.491 e. The van der Waals surface area contributed by atoms with Gasteiger partial charge < -0.3 is 4.74 Å². The van der Waals surface area contributed by atoms with Gasteiger partial charge in [0.05, 0.1) is 6.61 Å². The van der Waals surface area contributed by atoms with Crippen molar-refractivity contribution in [2.24, 2.45) is 0 Å². The maximum absolute atomic E-state index is 13.6. The summed E-state index contributed by atoms with van der Waals surface area (Å²) in [5.74, 6) is 0.343. The van der Waals surface area contributed by atoms with E-state index in [0.717, 1.165) is 18.4 Å². The third-order valence-corrected chi connectivity index (χ3v) is 3.46. The van der Waals surface area contributed by atoms with Crippen molar-refractivity contribution in [3.63, 3.8) is 0 Å². The van der Waals surface area contributed by atoms with Crippen LogP contribution in [-0.4, -0.2) is 6.61 Å². The Bertz CT molecular complexity index is 355. The number of halogens is 2. The lowest BCUT2D eigenvalue weighted by atomic mass is 10.1. The topological polar surface area (TPSA) is 9.23 Å². The summed E-state index contributed by atoms with van der Waals surface area (Å²) < 4.78 is 19.0. The molecule has 0 unspecified atom stereocenters. The van der Waals surface area contributed by atoms with E-state index in [-0.39, 0.29) is 5.82 Å². The van der Waals surface area contributed by atoms with Crippen LogP contribution in [0.15, 0.2) is 18.2 Å². The molecule has 3 heteroatoms. The number of ether oxygens (including phenoxy) is 1. The van der Waals surface area contributed by atoms with Gasteiger partial charge in [-0.3, -0.25) is 0 Å². The average molecular weight is 287 g/mol. The van der Waals surface area contributed by atoms with Crippen LogP contribution in [0.3, 0.4) is 0 Å². The van der Waals surface area contributed by atoms with Gasteiger partial charge in [0.15, 0.2) is 11.6 Å². The first-order valence-corrected chi connectivity index (χ1v) is 7.78. The van der Waals surface area contributed by atoms with Gasteiger partial charge in [0.1, 0.15) is 0 Å². The molecule has 0 aliphatic carbocycles. The summed E-state index contributed by atoms with van der Waals surface area (Å²) in [5, 5.41) is 0. The fraction of sp³-hybridized carbons (Fsp3) is 0.625. The number of rotatable bonds is 10. The van der Waals surface area contributed by atoms with Crippen LogP contribution in [0, 0.1) is 5.82 Å². The molecule has 0 saturated carbocycles. The minimum atomic E-state index is -0.318. The molecule has 0 aliphatic rings. The second kappa shape index (κ2) is 10.1. The second-order valence-electron chi connectivity index (χ2n) is 4.87. The van der Waals surface area contributed by atoms with Crippen molar-refractivity contribution in [3.8, 4) is 5.75 Å². The molecule has 0 bridgehead atoms. The number of unbranched alkanes of at least 4 members (excludes halogenated alkanes) is 6. The van der Waals surface area contributed by atoms with Crippen molar-refractivity contribution >= 4 is 11.6 Å². The molecule has 0 heterocycles. The van der Waals surface area contributed by atoms with Crippen LogP contribution in [0.2, 0.25) is 0 Å². The Morgan fingerprint density at radius 3 is 2.37 bits per heavy atom. The van der Waals surface area contributed by atoms with E-state index in [2.05, 4.69) is 6.92 Å². The van der Waals surface area contributed by atoms with E-state index in [4.69, 9.17) is 16.3 Å². The van der Waals surface area contributed by atoms with Gasteiger partial charge in [-0.25, -0.2) is 4.39 Å². The van der Waals surface area contributed by atoms with Crippen LogP contribution in [0.4, 0.5) is 4.39 Å². The zero-order chi connectivity index (χ0) is 13.9. The highest BCUT2D eigenvalue weighted by Crippen LogP contribution is 2.19. The van der Waals surface area contributed by atoms with Crippen LogP contribution in [-0.2, 0) is 5.88 Å². The number of hydrogen-bond donors (Lipinski definition) is 0. The number of benzene rings is 1. The fourth-order valence-corrected chi connectivity index (χ4v) is 2.15. The molecule has 0 aromatic heterocycles. The minimum absolute atomic E-state index is 0.318. The SMILES string of the molecule is CCCCCCCCCOc1ccc(CCl)cc1F. The highest BCUT2D eigenvalue weighted by atomic mass is 35.5. The monoisotopic (exact) mass is 286 g/mol. The Hall–Kier alpha value is -0.760. The summed E-state index contributed by atoms with van der Waals surface area (Å²) in [6, 6.07) is 4.90. The van der Waals surface area contributed by atoms with Crippen molar-refractivity contribution in [2.45, 2.75) is 57.7 Å². The van der Waals surface area contributed by atoms with Crippen LogP contribution in [0.1, 0.15) is 57.4 Å². The summed E-state index contributed by atoms with van der Waals surface area (Å²) in [4.78, 5) is 0. The van der Waals surface area contributed by atoms with Gasteiger partial charge in [-0.15, -0.1) is 11.6 Å². The molecular formula is C16H24ClFO. The van der Waals surface area contributed by atoms with Crippen molar-refractivity contribution in [1.29, 1.82) is 0 Å². The number of hydrogen-bond acceptors (Lipinski definition) is 1. The predicted octanol–water partition coefficient (Wildman–Crippen LogP) is 5.69. The molecule has 0 aliphatic heterocycles. The molecule has 0 atom stereocenters. The molecule has 0 saturated heterocycles. The molecule has 1 aromatic carbocycles. The highest BCUT2D eigenvalue weighted by Gasteiger charge is 2.04. The predicted molar refractivity (Wildman–Crippen MR) is 79.4 cm³/mol. The zero-order valence-corrected chi connectivity index (χ0v) is 12.5. The zero-order valence-electron chi connectivity index (χ0n) is 11.8. The molecule has 0 radical (unpaired) electrons. The van der Waals surface area contributed by atoms with Gasteiger partial charge in [-0.2, -0.15) is 0 Å². The van der Waals surface area contributed by atoms with Crippen molar-refractivity contribution in [2.75, 3.05) is 6.61 Å². The summed E-state index contributed by atoms with van der Waals surface area (Å²) >= 11 is 5.64. The van der Waals surface area contributed by atoms with Crippen molar-refractivity contribution < 1.29 is 9.13 Å². The van der Waals surface area contributed by atoms with E-state index >= 15 is 0 Å². The number of alkyl halides is 1. The molecular weight excluding hydrogens is 263 g/mol. The first-order valence-electron chi connectivity index (χ1n) is 7.25. The van der Waals surface area contributed by atoms with E-state index in [1.54, 1.807) is 12.1 Å². The lowest BCUT2D eigenvalue weighted by Crippen LogP contribution is -1.99. The third-order valence-electron chi connectivity index (χ3n) is 3.16. The smallest absolute Gasteiger partial charge is 0.165 e. The average Bonchev–Trinajstić information content (AvgIpc) is 2.43. The molecule has 0 fully saturated rings. The van der Waals surface area contributed by atoms with E-state index in [1.807, 2.05) is 0 Å². The normalized spacial score (nSPS) is 10.7. The first-order chi connectivity index (χ1) is 9.27. The molecule has 0 N–H and O–H groups in total. The minimum Gasteiger partial charge on any atom is -0.491 e. The summed E-state index contributed by atoms with van der Waals surface area (Å²) in [6.45, 7) is 2.81. The van der Waals surface area contributed by atoms with Gasteiger partial charge in [0.25, 0.3) is 0 Å².